The Morgan fingerprint density at radius 3 is 2.24 bits per heavy atom. The second kappa shape index (κ2) is 6.96. The van der Waals surface area contributed by atoms with E-state index in [0.717, 1.165) is 24.8 Å². The van der Waals surface area contributed by atoms with Crippen LogP contribution in [-0.4, -0.2) is 56.8 Å². The summed E-state index contributed by atoms with van der Waals surface area (Å²) in [4.78, 5) is 14.5. The van der Waals surface area contributed by atoms with Crippen LogP contribution >= 0.6 is 0 Å². The predicted molar refractivity (Wildman–Crippen MR) is 95.1 cm³/mol. The van der Waals surface area contributed by atoms with Gasteiger partial charge in [-0.1, -0.05) is 6.42 Å². The summed E-state index contributed by atoms with van der Waals surface area (Å²) < 4.78 is 32.8. The normalized spacial score (nSPS) is 19.6. The summed E-state index contributed by atoms with van der Waals surface area (Å²) >= 11 is 0. The van der Waals surface area contributed by atoms with Crippen LogP contribution in [0.3, 0.4) is 0 Å². The zero-order valence-electron chi connectivity index (χ0n) is 15.1. The van der Waals surface area contributed by atoms with Crippen LogP contribution < -0.4 is 4.74 Å². The molecule has 2 aliphatic rings. The summed E-state index contributed by atoms with van der Waals surface area (Å²) in [6, 6.07) is 3.44. The zero-order valence-corrected chi connectivity index (χ0v) is 15.9. The third-order valence-electron chi connectivity index (χ3n) is 5.31. The van der Waals surface area contributed by atoms with Gasteiger partial charge < -0.3 is 9.64 Å². The predicted octanol–water partition coefficient (Wildman–Crippen LogP) is 1.95. The first-order chi connectivity index (χ1) is 11.8. The number of ether oxygens (including phenoxy) is 1. The molecule has 0 atom stereocenters. The minimum absolute atomic E-state index is 0.162. The summed E-state index contributed by atoms with van der Waals surface area (Å²) in [6.45, 7) is 5.28. The van der Waals surface area contributed by atoms with Crippen LogP contribution in [0.25, 0.3) is 0 Å². The summed E-state index contributed by atoms with van der Waals surface area (Å²) in [5.74, 6) is 1.04. The minimum atomic E-state index is -3.56. The van der Waals surface area contributed by atoms with Gasteiger partial charge in [0.05, 0.1) is 12.0 Å². The summed E-state index contributed by atoms with van der Waals surface area (Å²) in [5.41, 5.74) is 1.47. The molecule has 3 rings (SSSR count). The highest BCUT2D eigenvalue weighted by molar-refractivity contribution is 7.89. The van der Waals surface area contributed by atoms with Gasteiger partial charge in [0, 0.05) is 32.1 Å². The molecule has 1 heterocycles. The summed E-state index contributed by atoms with van der Waals surface area (Å²) in [5, 5.41) is 0. The smallest absolute Gasteiger partial charge is 0.243 e. The molecule has 0 spiro atoms. The van der Waals surface area contributed by atoms with Gasteiger partial charge in [0.2, 0.25) is 15.9 Å². The van der Waals surface area contributed by atoms with E-state index in [1.165, 1.54) is 4.31 Å². The molecule has 1 aromatic carbocycles. The van der Waals surface area contributed by atoms with E-state index in [-0.39, 0.29) is 11.8 Å². The van der Waals surface area contributed by atoms with Crippen LogP contribution in [0.5, 0.6) is 5.75 Å². The largest absolute Gasteiger partial charge is 0.496 e. The number of hydrogen-bond donors (Lipinski definition) is 0. The van der Waals surface area contributed by atoms with Crippen molar-refractivity contribution in [3.63, 3.8) is 0 Å². The molecule has 0 unspecified atom stereocenters. The lowest BCUT2D eigenvalue weighted by Crippen LogP contribution is -2.52. The van der Waals surface area contributed by atoms with Crippen molar-refractivity contribution in [1.82, 2.24) is 9.21 Å². The Kier molecular flexibility index (Phi) is 5.06. The van der Waals surface area contributed by atoms with E-state index in [1.807, 2.05) is 11.8 Å². The molecular formula is C18H26N2O4S. The highest BCUT2D eigenvalue weighted by Gasteiger charge is 2.35. The number of hydrogen-bond acceptors (Lipinski definition) is 4. The van der Waals surface area contributed by atoms with Crippen molar-refractivity contribution < 1.29 is 17.9 Å². The van der Waals surface area contributed by atoms with Gasteiger partial charge in [0.25, 0.3) is 0 Å². The Balaban J connectivity index is 1.74. The van der Waals surface area contributed by atoms with Crippen molar-refractivity contribution in [3.05, 3.63) is 23.3 Å². The van der Waals surface area contributed by atoms with Crippen molar-refractivity contribution in [1.29, 1.82) is 0 Å². The van der Waals surface area contributed by atoms with E-state index in [2.05, 4.69) is 0 Å². The Morgan fingerprint density at radius 1 is 1.08 bits per heavy atom. The molecule has 1 aliphatic heterocycles. The quantitative estimate of drug-likeness (QED) is 0.817. The molecule has 25 heavy (non-hydrogen) atoms. The van der Waals surface area contributed by atoms with Crippen LogP contribution in [0.4, 0.5) is 0 Å². The third-order valence-corrected chi connectivity index (χ3v) is 7.36. The molecule has 1 aliphatic carbocycles. The number of nitrogens with zero attached hydrogens (tertiary/aromatic N) is 2. The second-order valence-corrected chi connectivity index (χ2v) is 8.85. The zero-order chi connectivity index (χ0) is 18.2. The van der Waals surface area contributed by atoms with Crippen LogP contribution in [-0.2, 0) is 14.8 Å². The average molecular weight is 366 g/mol. The first kappa shape index (κ1) is 18.2. The van der Waals surface area contributed by atoms with E-state index in [0.29, 0.717) is 42.4 Å². The maximum atomic E-state index is 13.0. The Bertz CT molecular complexity index is 764. The molecule has 0 radical (unpaired) electrons. The van der Waals surface area contributed by atoms with Crippen molar-refractivity contribution >= 4 is 15.9 Å². The van der Waals surface area contributed by atoms with Gasteiger partial charge in [-0.25, -0.2) is 8.42 Å². The van der Waals surface area contributed by atoms with Gasteiger partial charge in [0.1, 0.15) is 5.75 Å². The van der Waals surface area contributed by atoms with E-state index in [4.69, 9.17) is 4.74 Å². The van der Waals surface area contributed by atoms with E-state index < -0.39 is 10.0 Å². The van der Waals surface area contributed by atoms with Crippen molar-refractivity contribution in [2.75, 3.05) is 33.3 Å². The van der Waals surface area contributed by atoms with Crippen molar-refractivity contribution in [3.8, 4) is 5.75 Å². The van der Waals surface area contributed by atoms with Gasteiger partial charge in [-0.15, -0.1) is 0 Å². The highest BCUT2D eigenvalue weighted by atomic mass is 32.2. The van der Waals surface area contributed by atoms with E-state index >= 15 is 0 Å². The standard InChI is InChI=1S/C18H26N2O4S/c1-13-12-17(14(2)11-16(13)24-3)25(22,23)20-9-7-19(8-10-20)18(21)15-5-4-6-15/h11-12,15H,4-10H2,1-3H3. The highest BCUT2D eigenvalue weighted by Crippen LogP contribution is 2.30. The molecule has 6 nitrogen and oxygen atoms in total. The minimum Gasteiger partial charge on any atom is -0.496 e. The van der Waals surface area contributed by atoms with E-state index in [1.54, 1.807) is 26.2 Å². The Morgan fingerprint density at radius 2 is 1.72 bits per heavy atom. The number of sulfonamides is 1. The van der Waals surface area contributed by atoms with Crippen molar-refractivity contribution in [2.24, 2.45) is 5.92 Å². The second-order valence-electron chi connectivity index (χ2n) is 6.94. The fourth-order valence-electron chi connectivity index (χ4n) is 3.46. The van der Waals surface area contributed by atoms with Crippen molar-refractivity contribution in [2.45, 2.75) is 38.0 Å². The topological polar surface area (TPSA) is 66.9 Å². The number of amides is 1. The number of rotatable bonds is 4. The van der Waals surface area contributed by atoms with Gasteiger partial charge in [-0.3, -0.25) is 4.79 Å². The lowest BCUT2D eigenvalue weighted by Gasteiger charge is -2.37. The molecule has 1 amide bonds. The Hall–Kier alpha value is -1.60. The molecule has 0 bridgehead atoms. The van der Waals surface area contributed by atoms with Gasteiger partial charge in [0.15, 0.2) is 0 Å². The van der Waals surface area contributed by atoms with Gasteiger partial charge >= 0.3 is 0 Å². The van der Waals surface area contributed by atoms with Crippen LogP contribution in [0, 0.1) is 19.8 Å². The molecule has 1 saturated carbocycles. The van der Waals surface area contributed by atoms with E-state index in [9.17, 15) is 13.2 Å². The molecule has 0 aromatic heterocycles. The SMILES string of the molecule is COc1cc(C)c(S(=O)(=O)N2CCN(C(=O)C3CCC3)CC2)cc1C. The number of aryl methyl sites for hydroxylation is 2. The summed E-state index contributed by atoms with van der Waals surface area (Å²) in [6.07, 6.45) is 3.07. The molecular weight excluding hydrogens is 340 g/mol. The Labute approximate surface area is 149 Å². The molecule has 138 valence electrons. The number of benzene rings is 1. The van der Waals surface area contributed by atoms with Gasteiger partial charge in [-0.05, 0) is 49.9 Å². The molecule has 2 fully saturated rings. The maximum absolute atomic E-state index is 13.0. The molecule has 0 N–H and O–H groups in total. The fraction of sp³-hybridized carbons (Fsp3) is 0.611. The van der Waals surface area contributed by atoms with Crippen LogP contribution in [0.2, 0.25) is 0 Å². The van der Waals surface area contributed by atoms with Crippen LogP contribution in [0.15, 0.2) is 17.0 Å². The number of piperazine rings is 1. The van der Waals surface area contributed by atoms with Gasteiger partial charge in [-0.2, -0.15) is 4.31 Å². The summed E-state index contributed by atoms with van der Waals surface area (Å²) in [7, 11) is -1.98. The average Bonchev–Trinajstić information content (AvgIpc) is 2.55. The lowest BCUT2D eigenvalue weighted by molar-refractivity contribution is -0.139. The lowest BCUT2D eigenvalue weighted by atomic mass is 9.84. The number of methoxy groups -OCH3 is 1. The number of carbonyl (C=O) groups is 1. The van der Waals surface area contributed by atoms with Crippen LogP contribution in [0.1, 0.15) is 30.4 Å². The first-order valence-corrected chi connectivity index (χ1v) is 10.2. The monoisotopic (exact) mass is 366 g/mol. The molecule has 7 heteroatoms. The fourth-order valence-corrected chi connectivity index (χ4v) is 5.18. The first-order valence-electron chi connectivity index (χ1n) is 8.78. The third kappa shape index (κ3) is 3.40. The molecule has 1 saturated heterocycles. The number of carbonyl (C=O) groups excluding carboxylic acids is 1. The maximum Gasteiger partial charge on any atom is 0.243 e. The molecule has 1 aromatic rings.